The van der Waals surface area contributed by atoms with E-state index in [1.165, 1.54) is 0 Å². The summed E-state index contributed by atoms with van der Waals surface area (Å²) in [6.45, 7) is 6.69. The first-order valence-electron chi connectivity index (χ1n) is 6.67. The van der Waals surface area contributed by atoms with Crippen LogP contribution in [0.1, 0.15) is 45.3 Å². The number of aromatic nitrogens is 1. The lowest BCUT2D eigenvalue weighted by atomic mass is 10.3. The zero-order valence-electron chi connectivity index (χ0n) is 12.0. The van der Waals surface area contributed by atoms with Crippen LogP contribution in [0.15, 0.2) is 17.2 Å². The lowest BCUT2D eigenvalue weighted by Crippen LogP contribution is -2.34. The van der Waals surface area contributed by atoms with Gasteiger partial charge in [-0.05, 0) is 46.7 Å². The molecular formula is C13H23N3O2S. The molecule has 1 aliphatic rings. The number of rotatable bonds is 6. The van der Waals surface area contributed by atoms with E-state index in [-0.39, 0.29) is 11.6 Å². The topological polar surface area (TPSA) is 63.1 Å². The third kappa shape index (κ3) is 3.19. The van der Waals surface area contributed by atoms with E-state index in [4.69, 9.17) is 0 Å². The van der Waals surface area contributed by atoms with Crippen LogP contribution in [0.25, 0.3) is 0 Å². The summed E-state index contributed by atoms with van der Waals surface area (Å²) in [6.07, 6.45) is 3.56. The van der Waals surface area contributed by atoms with E-state index in [0.717, 1.165) is 18.5 Å². The van der Waals surface area contributed by atoms with Gasteiger partial charge in [-0.1, -0.05) is 0 Å². The molecular weight excluding hydrogens is 262 g/mol. The molecule has 1 saturated carbocycles. The van der Waals surface area contributed by atoms with Gasteiger partial charge in [-0.15, -0.1) is 0 Å². The highest BCUT2D eigenvalue weighted by Gasteiger charge is 2.41. The average Bonchev–Trinajstić information content (AvgIpc) is 2.85. The summed E-state index contributed by atoms with van der Waals surface area (Å²) < 4.78 is 29.5. The molecule has 1 aromatic heterocycles. The minimum atomic E-state index is -3.41. The molecule has 0 bridgehead atoms. The van der Waals surface area contributed by atoms with E-state index >= 15 is 0 Å². The van der Waals surface area contributed by atoms with Crippen molar-refractivity contribution >= 4 is 10.0 Å². The Morgan fingerprint density at radius 2 is 2.05 bits per heavy atom. The first-order valence-corrected chi connectivity index (χ1v) is 8.15. The van der Waals surface area contributed by atoms with Crippen molar-refractivity contribution in [1.82, 2.24) is 14.6 Å². The van der Waals surface area contributed by atoms with Crippen molar-refractivity contribution < 1.29 is 8.42 Å². The maximum Gasteiger partial charge on any atom is 0.242 e. The minimum Gasteiger partial charge on any atom is -0.346 e. The molecule has 0 unspecified atom stereocenters. The second-order valence-electron chi connectivity index (χ2n) is 5.86. The van der Waals surface area contributed by atoms with Crippen molar-refractivity contribution in [2.45, 2.75) is 56.6 Å². The molecule has 5 nitrogen and oxygen atoms in total. The Labute approximate surface area is 115 Å². The highest BCUT2D eigenvalue weighted by atomic mass is 32.2. The fraction of sp³-hybridized carbons (Fsp3) is 0.692. The van der Waals surface area contributed by atoms with Gasteiger partial charge in [0.15, 0.2) is 0 Å². The second kappa shape index (κ2) is 4.92. The van der Waals surface area contributed by atoms with Crippen molar-refractivity contribution in [2.75, 3.05) is 7.05 Å². The van der Waals surface area contributed by atoms with Crippen LogP contribution in [-0.4, -0.2) is 25.6 Å². The molecule has 1 aliphatic carbocycles. The summed E-state index contributed by atoms with van der Waals surface area (Å²) in [4.78, 5) is 0.361. The first-order chi connectivity index (χ1) is 8.77. The molecule has 0 spiro atoms. The Hall–Kier alpha value is -0.850. The number of nitrogens with one attached hydrogen (secondary N) is 2. The van der Waals surface area contributed by atoms with Gasteiger partial charge in [-0.3, -0.25) is 0 Å². The number of nitrogens with zero attached hydrogens (tertiary/aromatic N) is 1. The van der Waals surface area contributed by atoms with Gasteiger partial charge in [0.25, 0.3) is 0 Å². The van der Waals surface area contributed by atoms with Crippen LogP contribution < -0.4 is 10.0 Å². The van der Waals surface area contributed by atoms with Crippen LogP contribution in [-0.2, 0) is 16.6 Å². The normalized spacial score (nSPS) is 17.9. The molecule has 1 aromatic rings. The summed E-state index contributed by atoms with van der Waals surface area (Å²) in [6, 6.07) is 1.99. The molecule has 108 valence electrons. The monoisotopic (exact) mass is 285 g/mol. The van der Waals surface area contributed by atoms with Gasteiger partial charge < -0.3 is 9.88 Å². The number of sulfonamides is 1. The lowest BCUT2D eigenvalue weighted by Gasteiger charge is -2.12. The molecule has 0 aromatic carbocycles. The van der Waals surface area contributed by atoms with Gasteiger partial charge in [0, 0.05) is 30.0 Å². The van der Waals surface area contributed by atoms with E-state index in [2.05, 4.69) is 10.0 Å². The van der Waals surface area contributed by atoms with Gasteiger partial charge in [0.2, 0.25) is 10.0 Å². The molecule has 0 aliphatic heterocycles. The number of hydrogen-bond acceptors (Lipinski definition) is 3. The Bertz CT molecular complexity index is 556. The Kier molecular flexibility index (Phi) is 3.77. The van der Waals surface area contributed by atoms with Crippen molar-refractivity contribution in [2.24, 2.45) is 0 Å². The molecule has 0 amide bonds. The van der Waals surface area contributed by atoms with Gasteiger partial charge >= 0.3 is 0 Å². The summed E-state index contributed by atoms with van der Waals surface area (Å²) >= 11 is 0. The second-order valence-corrected chi connectivity index (χ2v) is 7.55. The molecule has 1 fully saturated rings. The lowest BCUT2D eigenvalue weighted by molar-refractivity contribution is 0.553. The van der Waals surface area contributed by atoms with Crippen molar-refractivity contribution in [3.63, 3.8) is 0 Å². The molecule has 0 atom stereocenters. The van der Waals surface area contributed by atoms with E-state index in [1.54, 1.807) is 12.3 Å². The molecule has 0 saturated heterocycles. The van der Waals surface area contributed by atoms with E-state index in [9.17, 15) is 8.42 Å². The van der Waals surface area contributed by atoms with Gasteiger partial charge in [-0.2, -0.15) is 0 Å². The quantitative estimate of drug-likeness (QED) is 0.835. The van der Waals surface area contributed by atoms with Crippen LogP contribution in [0, 0.1) is 0 Å². The first kappa shape index (κ1) is 14.6. The van der Waals surface area contributed by atoms with Crippen LogP contribution in [0.2, 0.25) is 0 Å². The summed E-state index contributed by atoms with van der Waals surface area (Å²) in [5, 5.41) is 3.07. The maximum atomic E-state index is 12.3. The predicted octanol–water partition coefficient (Wildman–Crippen LogP) is 1.62. The van der Waals surface area contributed by atoms with Crippen LogP contribution in [0.3, 0.4) is 0 Å². The number of hydrogen-bond donors (Lipinski definition) is 2. The van der Waals surface area contributed by atoms with Gasteiger partial charge in [0.1, 0.15) is 0 Å². The molecule has 19 heavy (non-hydrogen) atoms. The largest absolute Gasteiger partial charge is 0.346 e. The molecule has 2 rings (SSSR count). The van der Waals surface area contributed by atoms with Crippen LogP contribution >= 0.6 is 0 Å². The maximum absolute atomic E-state index is 12.3. The standard InChI is InChI=1S/C13H23N3O2S/c1-10(2)16-9-12(7-11(16)8-14-4)19(17,18)15-13(3)5-6-13/h7,9-10,14-15H,5-6,8H2,1-4H3. The third-order valence-corrected chi connectivity index (χ3v) is 5.12. The fourth-order valence-corrected chi connectivity index (χ4v) is 3.63. The highest BCUT2D eigenvalue weighted by Crippen LogP contribution is 2.36. The summed E-state index contributed by atoms with van der Waals surface area (Å²) in [7, 11) is -1.55. The summed E-state index contributed by atoms with van der Waals surface area (Å²) in [5.74, 6) is 0. The zero-order chi connectivity index (χ0) is 14.3. The Morgan fingerprint density at radius 3 is 2.53 bits per heavy atom. The zero-order valence-corrected chi connectivity index (χ0v) is 12.8. The molecule has 0 radical (unpaired) electrons. The van der Waals surface area contributed by atoms with E-state index < -0.39 is 10.0 Å². The van der Waals surface area contributed by atoms with E-state index in [1.807, 2.05) is 32.4 Å². The molecule has 2 N–H and O–H groups in total. The van der Waals surface area contributed by atoms with Crippen LogP contribution in [0.5, 0.6) is 0 Å². The van der Waals surface area contributed by atoms with Gasteiger partial charge in [0.05, 0.1) is 4.90 Å². The summed E-state index contributed by atoms with van der Waals surface area (Å²) in [5.41, 5.74) is 0.751. The van der Waals surface area contributed by atoms with Gasteiger partial charge in [-0.25, -0.2) is 13.1 Å². The Morgan fingerprint density at radius 1 is 1.42 bits per heavy atom. The minimum absolute atomic E-state index is 0.234. The average molecular weight is 285 g/mol. The van der Waals surface area contributed by atoms with Crippen molar-refractivity contribution in [3.05, 3.63) is 18.0 Å². The molecule has 6 heteroatoms. The van der Waals surface area contributed by atoms with E-state index in [0.29, 0.717) is 11.4 Å². The molecule has 1 heterocycles. The fourth-order valence-electron chi connectivity index (χ4n) is 2.12. The highest BCUT2D eigenvalue weighted by molar-refractivity contribution is 7.89. The SMILES string of the molecule is CNCc1cc(S(=O)(=O)NC2(C)CC2)cn1C(C)C. The predicted molar refractivity (Wildman–Crippen MR) is 75.5 cm³/mol. The Balaban J connectivity index is 2.31. The van der Waals surface area contributed by atoms with Crippen LogP contribution in [0.4, 0.5) is 0 Å². The van der Waals surface area contributed by atoms with Crippen molar-refractivity contribution in [1.29, 1.82) is 0 Å². The third-order valence-electron chi connectivity index (χ3n) is 3.51. The smallest absolute Gasteiger partial charge is 0.242 e. The van der Waals surface area contributed by atoms with Crippen molar-refractivity contribution in [3.8, 4) is 0 Å².